The minimum atomic E-state index is -3.39. The van der Waals surface area contributed by atoms with Crippen LogP contribution in [0.4, 0.5) is 5.69 Å². The largest absolute Gasteiger partial charge is 0.484 e. The van der Waals surface area contributed by atoms with E-state index in [0.717, 1.165) is 46.9 Å². The Morgan fingerprint density at radius 3 is 2.70 bits per heavy atom. The maximum absolute atomic E-state index is 11.8. The zero-order valence-electron chi connectivity index (χ0n) is 22.7. The predicted octanol–water partition coefficient (Wildman–Crippen LogP) is 4.74. The van der Waals surface area contributed by atoms with Crippen molar-refractivity contribution in [2.45, 2.75) is 46.5 Å². The van der Waals surface area contributed by atoms with E-state index in [4.69, 9.17) is 14.7 Å². The van der Waals surface area contributed by atoms with Crippen LogP contribution in [0.1, 0.15) is 52.6 Å². The number of nitrogens with zero attached hydrogens (tertiary/aromatic N) is 3. The summed E-state index contributed by atoms with van der Waals surface area (Å²) in [6.45, 7) is 11.4. The number of rotatable bonds is 7. The number of H-pyrrole nitrogens is 1. The first-order valence-electron chi connectivity index (χ1n) is 12.3. The van der Waals surface area contributed by atoms with Crippen molar-refractivity contribution in [3.63, 3.8) is 0 Å². The molecule has 1 atom stereocenters. The van der Waals surface area contributed by atoms with Gasteiger partial charge in [0.15, 0.2) is 5.90 Å². The summed E-state index contributed by atoms with van der Waals surface area (Å²) in [5.41, 5.74) is 3.77. The highest BCUT2D eigenvalue weighted by Crippen LogP contribution is 2.33. The van der Waals surface area contributed by atoms with Gasteiger partial charge in [0.2, 0.25) is 10.0 Å². The summed E-state index contributed by atoms with van der Waals surface area (Å²) in [5.74, 6) is 2.60. The van der Waals surface area contributed by atoms with Crippen molar-refractivity contribution in [1.82, 2.24) is 15.3 Å². The Kier molecular flexibility index (Phi) is 8.96. The van der Waals surface area contributed by atoms with E-state index in [1.165, 1.54) is 0 Å². The molecule has 1 aromatic carbocycles. The molecule has 0 aliphatic carbocycles. The number of sulfonamides is 1. The van der Waals surface area contributed by atoms with Gasteiger partial charge in [-0.05, 0) is 30.2 Å². The molecule has 0 spiro atoms. The zero-order chi connectivity index (χ0) is 27.2. The average Bonchev–Trinajstić information content (AvgIpc) is 3.26. The highest BCUT2D eigenvalue weighted by atomic mass is 32.2. The molecule has 0 amide bonds. The van der Waals surface area contributed by atoms with Gasteiger partial charge in [-0.3, -0.25) is 14.7 Å². The molecule has 2 aromatic rings. The molecule has 9 nitrogen and oxygen atoms in total. The predicted molar refractivity (Wildman–Crippen MR) is 153 cm³/mol. The van der Waals surface area contributed by atoms with E-state index >= 15 is 0 Å². The van der Waals surface area contributed by atoms with E-state index < -0.39 is 10.0 Å². The Hall–Kier alpha value is -3.40. The summed E-state index contributed by atoms with van der Waals surface area (Å²) in [5, 5.41) is 3.34. The molecule has 1 unspecified atom stereocenters. The van der Waals surface area contributed by atoms with Crippen molar-refractivity contribution < 1.29 is 13.2 Å². The number of aliphatic imine (C=N–C) groups is 2. The lowest BCUT2D eigenvalue weighted by Gasteiger charge is -2.17. The van der Waals surface area contributed by atoms with Crippen LogP contribution in [0.3, 0.4) is 0 Å². The van der Waals surface area contributed by atoms with Crippen LogP contribution in [0.15, 0.2) is 52.6 Å². The summed E-state index contributed by atoms with van der Waals surface area (Å²) >= 11 is 0. The monoisotopic (exact) mass is 526 g/mol. The Bertz CT molecular complexity index is 1330. The molecule has 3 rings (SSSR count). The van der Waals surface area contributed by atoms with Gasteiger partial charge in [-0.2, -0.15) is 0 Å². The second kappa shape index (κ2) is 11.8. The SMILES string of the molecule is COC(C)=NCCN=C1NC=CC(c2[nH]c(C(C)(C)C)nc2-c2cccc(NS(C)(=O)=O)c2)=CCC1C. The number of ether oxygens (including phenoxy) is 1. The van der Waals surface area contributed by atoms with E-state index in [0.29, 0.717) is 24.7 Å². The quantitative estimate of drug-likeness (QED) is 0.273. The highest BCUT2D eigenvalue weighted by molar-refractivity contribution is 7.92. The third kappa shape index (κ3) is 8.04. The molecule has 1 aliphatic heterocycles. The molecule has 10 heteroatoms. The number of hydrogen-bond donors (Lipinski definition) is 3. The van der Waals surface area contributed by atoms with E-state index in [-0.39, 0.29) is 11.3 Å². The van der Waals surface area contributed by atoms with E-state index in [1.807, 2.05) is 31.3 Å². The maximum Gasteiger partial charge on any atom is 0.229 e. The molecule has 1 aliphatic rings. The van der Waals surface area contributed by atoms with Crippen LogP contribution in [-0.2, 0) is 20.2 Å². The lowest BCUT2D eigenvalue weighted by atomic mass is 9.96. The fourth-order valence-corrected chi connectivity index (χ4v) is 4.32. The van der Waals surface area contributed by atoms with Gasteiger partial charge < -0.3 is 15.0 Å². The lowest BCUT2D eigenvalue weighted by molar-refractivity contribution is 0.398. The Morgan fingerprint density at radius 2 is 2.03 bits per heavy atom. The van der Waals surface area contributed by atoms with Crippen molar-refractivity contribution in [3.8, 4) is 11.3 Å². The third-order valence-electron chi connectivity index (χ3n) is 5.81. The van der Waals surface area contributed by atoms with Gasteiger partial charge in [0, 0.05) is 35.7 Å². The van der Waals surface area contributed by atoms with Crippen LogP contribution in [0.2, 0.25) is 0 Å². The number of hydrogen-bond acceptors (Lipinski definition) is 6. The standard InChI is InChI=1S/C27H38N6O3S/c1-18-11-12-20(13-14-29-25(18)30-16-15-28-19(2)36-6)23-24(32-26(31-23)27(3,4)5)21-9-8-10-22(17-21)33-37(7,34)35/h8-10,12-14,17-18,33H,11,15-16H2,1-7H3,(H,29,30)(H,31,32). The Labute approximate surface area is 220 Å². The van der Waals surface area contributed by atoms with Crippen LogP contribution in [0.5, 0.6) is 0 Å². The molecule has 1 aromatic heterocycles. The van der Waals surface area contributed by atoms with Crippen molar-refractivity contribution >= 4 is 33.0 Å². The first-order valence-corrected chi connectivity index (χ1v) is 14.2. The summed E-state index contributed by atoms with van der Waals surface area (Å²) in [6, 6.07) is 7.29. The van der Waals surface area contributed by atoms with Crippen molar-refractivity contribution in [3.05, 3.63) is 54.1 Å². The molecule has 200 valence electrons. The van der Waals surface area contributed by atoms with Crippen molar-refractivity contribution in [1.29, 1.82) is 0 Å². The minimum absolute atomic E-state index is 0.184. The second-order valence-corrected chi connectivity index (χ2v) is 11.9. The summed E-state index contributed by atoms with van der Waals surface area (Å²) in [7, 11) is -1.79. The normalized spacial score (nSPS) is 18.1. The van der Waals surface area contributed by atoms with Gasteiger partial charge in [-0.1, -0.05) is 45.9 Å². The van der Waals surface area contributed by atoms with E-state index in [1.54, 1.807) is 19.2 Å². The van der Waals surface area contributed by atoms with Crippen LogP contribution in [-0.4, -0.2) is 56.6 Å². The van der Waals surface area contributed by atoms with E-state index in [2.05, 4.69) is 53.8 Å². The number of nitrogens with one attached hydrogen (secondary N) is 3. The fraction of sp³-hybridized carbons (Fsp3) is 0.444. The van der Waals surface area contributed by atoms with Crippen LogP contribution in [0.25, 0.3) is 16.8 Å². The van der Waals surface area contributed by atoms with E-state index in [9.17, 15) is 8.42 Å². The summed E-state index contributed by atoms with van der Waals surface area (Å²) in [4.78, 5) is 17.5. The lowest BCUT2D eigenvalue weighted by Crippen LogP contribution is -2.26. The second-order valence-electron chi connectivity index (χ2n) is 10.2. The van der Waals surface area contributed by atoms with Crippen LogP contribution in [0, 0.1) is 5.92 Å². The fourth-order valence-electron chi connectivity index (χ4n) is 3.76. The average molecular weight is 527 g/mol. The number of allylic oxidation sites excluding steroid dienone is 3. The molecule has 2 heterocycles. The van der Waals surface area contributed by atoms with Crippen LogP contribution >= 0.6 is 0 Å². The smallest absolute Gasteiger partial charge is 0.229 e. The zero-order valence-corrected chi connectivity index (χ0v) is 23.5. The summed E-state index contributed by atoms with van der Waals surface area (Å²) < 4.78 is 31.2. The van der Waals surface area contributed by atoms with Gasteiger partial charge in [0.05, 0.1) is 37.8 Å². The third-order valence-corrected chi connectivity index (χ3v) is 6.41. The Balaban J connectivity index is 1.93. The van der Waals surface area contributed by atoms with Gasteiger partial charge in [0.1, 0.15) is 11.7 Å². The Morgan fingerprint density at radius 1 is 1.27 bits per heavy atom. The number of imidazole rings is 1. The molecule has 0 saturated carbocycles. The summed E-state index contributed by atoms with van der Waals surface area (Å²) in [6.07, 6.45) is 8.02. The highest BCUT2D eigenvalue weighted by Gasteiger charge is 2.23. The van der Waals surface area contributed by atoms with Gasteiger partial charge in [-0.15, -0.1) is 0 Å². The molecule has 0 saturated heterocycles. The number of benzene rings is 1. The van der Waals surface area contributed by atoms with Crippen LogP contribution < -0.4 is 10.0 Å². The maximum atomic E-state index is 11.8. The number of methoxy groups -OCH3 is 1. The molecule has 37 heavy (non-hydrogen) atoms. The molecule has 0 fully saturated rings. The number of aromatic nitrogens is 2. The molecular formula is C27H38N6O3S. The molecule has 0 radical (unpaired) electrons. The number of aromatic amines is 1. The molecular weight excluding hydrogens is 488 g/mol. The topological polar surface area (TPSA) is 121 Å². The van der Waals surface area contributed by atoms with Crippen molar-refractivity contribution in [2.75, 3.05) is 31.2 Å². The molecule has 0 bridgehead atoms. The first kappa shape index (κ1) is 28.2. The van der Waals surface area contributed by atoms with Gasteiger partial charge in [0.25, 0.3) is 0 Å². The number of anilines is 1. The van der Waals surface area contributed by atoms with Crippen molar-refractivity contribution in [2.24, 2.45) is 15.9 Å². The van der Waals surface area contributed by atoms with Gasteiger partial charge in [-0.25, -0.2) is 13.4 Å². The minimum Gasteiger partial charge on any atom is -0.484 e. The first-order chi connectivity index (χ1) is 17.4. The number of amidine groups is 1. The van der Waals surface area contributed by atoms with Gasteiger partial charge >= 0.3 is 0 Å². The molecule has 3 N–H and O–H groups in total.